The zero-order valence-electron chi connectivity index (χ0n) is 11.9. The number of hydrogen-bond acceptors (Lipinski definition) is 4. The van der Waals surface area contributed by atoms with Gasteiger partial charge in [-0.1, -0.05) is 6.07 Å². The van der Waals surface area contributed by atoms with Crippen LogP contribution in [-0.4, -0.2) is 10.0 Å². The summed E-state index contributed by atoms with van der Waals surface area (Å²) in [5.74, 6) is 0. The quantitative estimate of drug-likeness (QED) is 0.333. The van der Waals surface area contributed by atoms with Gasteiger partial charge in [-0.2, -0.15) is 13.2 Å². The molecular formula is C14H11F3N4O2S. The van der Waals surface area contributed by atoms with Crippen molar-refractivity contribution in [2.75, 3.05) is 16.4 Å². The fraction of sp³-hybridized carbons (Fsp3) is 0.0714. The molecule has 0 spiro atoms. The van der Waals surface area contributed by atoms with E-state index in [-0.39, 0.29) is 27.9 Å². The standard InChI is InChI=1S/C14H11F3N4O2S/c15-14(16,17)8-2-1-3-9(6-8)19-13(24)20-10-4-5-11(18)12(7-10)21(22)23/h1-7H,18H2,(H2,19,20,24). The van der Waals surface area contributed by atoms with Gasteiger partial charge in [0.25, 0.3) is 5.69 Å². The van der Waals surface area contributed by atoms with Gasteiger partial charge in [0, 0.05) is 17.4 Å². The van der Waals surface area contributed by atoms with Crippen LogP contribution >= 0.6 is 12.2 Å². The maximum Gasteiger partial charge on any atom is 0.416 e. The Morgan fingerprint density at radius 3 is 2.33 bits per heavy atom. The first-order valence-electron chi connectivity index (χ1n) is 6.46. The van der Waals surface area contributed by atoms with Crippen molar-refractivity contribution in [1.82, 2.24) is 0 Å². The average Bonchev–Trinajstić information content (AvgIpc) is 2.48. The lowest BCUT2D eigenvalue weighted by Crippen LogP contribution is -2.19. The summed E-state index contributed by atoms with van der Waals surface area (Å²) in [6, 6.07) is 8.45. The number of nitro benzene ring substituents is 1. The molecule has 2 rings (SSSR count). The topological polar surface area (TPSA) is 93.2 Å². The van der Waals surface area contributed by atoms with Crippen LogP contribution in [-0.2, 0) is 6.18 Å². The van der Waals surface area contributed by atoms with Crippen LogP contribution in [0, 0.1) is 10.1 Å². The number of thiocarbonyl (C=S) groups is 1. The highest BCUT2D eigenvalue weighted by molar-refractivity contribution is 7.80. The third-order valence-corrected chi connectivity index (χ3v) is 3.14. The monoisotopic (exact) mass is 356 g/mol. The van der Waals surface area contributed by atoms with Gasteiger partial charge < -0.3 is 16.4 Å². The smallest absolute Gasteiger partial charge is 0.393 e. The summed E-state index contributed by atoms with van der Waals surface area (Å²) >= 11 is 4.99. The van der Waals surface area contributed by atoms with E-state index >= 15 is 0 Å². The molecule has 0 aliphatic heterocycles. The molecule has 2 aromatic carbocycles. The number of alkyl halides is 3. The SMILES string of the molecule is Nc1ccc(NC(=S)Nc2cccc(C(F)(F)F)c2)cc1[N+](=O)[O-]. The molecule has 0 atom stereocenters. The first kappa shape index (κ1) is 17.5. The number of nitrogens with one attached hydrogen (secondary N) is 2. The minimum Gasteiger partial charge on any atom is -0.393 e. The lowest BCUT2D eigenvalue weighted by atomic mass is 10.2. The summed E-state index contributed by atoms with van der Waals surface area (Å²) in [5.41, 5.74) is 4.75. The largest absolute Gasteiger partial charge is 0.416 e. The molecule has 6 nitrogen and oxygen atoms in total. The number of benzene rings is 2. The molecule has 0 amide bonds. The number of nitro groups is 1. The summed E-state index contributed by atoms with van der Waals surface area (Å²) in [6.07, 6.45) is -4.47. The van der Waals surface area contributed by atoms with Gasteiger partial charge in [-0.3, -0.25) is 10.1 Å². The minimum atomic E-state index is -4.47. The van der Waals surface area contributed by atoms with Gasteiger partial charge in [-0.25, -0.2) is 0 Å². The van der Waals surface area contributed by atoms with Crippen molar-refractivity contribution in [1.29, 1.82) is 0 Å². The van der Waals surface area contributed by atoms with E-state index in [1.54, 1.807) is 0 Å². The second-order valence-corrected chi connectivity index (χ2v) is 5.10. The van der Waals surface area contributed by atoms with E-state index < -0.39 is 16.7 Å². The van der Waals surface area contributed by atoms with Crippen LogP contribution in [0.3, 0.4) is 0 Å². The van der Waals surface area contributed by atoms with E-state index in [1.165, 1.54) is 30.3 Å². The summed E-state index contributed by atoms with van der Waals surface area (Å²) in [5, 5.41) is 16.0. The number of nitrogen functional groups attached to an aromatic ring is 1. The van der Waals surface area contributed by atoms with Crippen LogP contribution in [0.1, 0.15) is 5.56 Å². The molecular weight excluding hydrogens is 345 g/mol. The van der Waals surface area contributed by atoms with Gasteiger partial charge >= 0.3 is 6.18 Å². The Hall–Kier alpha value is -2.88. The molecule has 0 aliphatic carbocycles. The van der Waals surface area contributed by atoms with Crippen LogP contribution in [0.25, 0.3) is 0 Å². The summed E-state index contributed by atoms with van der Waals surface area (Å²) < 4.78 is 38.0. The lowest BCUT2D eigenvalue weighted by molar-refractivity contribution is -0.383. The predicted molar refractivity (Wildman–Crippen MR) is 88.8 cm³/mol. The Morgan fingerprint density at radius 2 is 1.75 bits per heavy atom. The molecule has 126 valence electrons. The lowest BCUT2D eigenvalue weighted by Gasteiger charge is -2.13. The van der Waals surface area contributed by atoms with E-state index in [9.17, 15) is 23.3 Å². The second kappa shape index (κ2) is 6.71. The van der Waals surface area contributed by atoms with Gasteiger partial charge in [-0.15, -0.1) is 0 Å². The summed E-state index contributed by atoms with van der Waals surface area (Å²) in [6.45, 7) is 0. The molecule has 0 unspecified atom stereocenters. The van der Waals surface area contributed by atoms with Crippen molar-refractivity contribution in [3.8, 4) is 0 Å². The third kappa shape index (κ3) is 4.32. The highest BCUT2D eigenvalue weighted by Crippen LogP contribution is 2.30. The molecule has 4 N–H and O–H groups in total. The second-order valence-electron chi connectivity index (χ2n) is 4.69. The van der Waals surface area contributed by atoms with E-state index in [0.717, 1.165) is 12.1 Å². The van der Waals surface area contributed by atoms with Crippen LogP contribution < -0.4 is 16.4 Å². The van der Waals surface area contributed by atoms with Crippen molar-refractivity contribution < 1.29 is 18.1 Å². The Kier molecular flexibility index (Phi) is 4.88. The number of rotatable bonds is 3. The summed E-state index contributed by atoms with van der Waals surface area (Å²) in [7, 11) is 0. The predicted octanol–water partition coefficient (Wildman–Crippen LogP) is 4.00. The third-order valence-electron chi connectivity index (χ3n) is 2.93. The van der Waals surface area contributed by atoms with Crippen LogP contribution in [0.5, 0.6) is 0 Å². The van der Waals surface area contributed by atoms with E-state index in [0.29, 0.717) is 0 Å². The molecule has 0 aromatic heterocycles. The first-order chi connectivity index (χ1) is 11.2. The molecule has 0 saturated heterocycles. The van der Waals surface area contributed by atoms with Crippen molar-refractivity contribution >= 4 is 40.1 Å². The van der Waals surface area contributed by atoms with E-state index in [1.807, 2.05) is 0 Å². The Bertz CT molecular complexity index is 796. The zero-order chi connectivity index (χ0) is 17.9. The maximum atomic E-state index is 12.7. The molecule has 2 aromatic rings. The van der Waals surface area contributed by atoms with Gasteiger partial charge in [0.2, 0.25) is 0 Å². The fourth-order valence-electron chi connectivity index (χ4n) is 1.85. The molecule has 24 heavy (non-hydrogen) atoms. The van der Waals surface area contributed by atoms with Crippen molar-refractivity contribution in [3.63, 3.8) is 0 Å². The minimum absolute atomic E-state index is 0.0118. The van der Waals surface area contributed by atoms with Crippen LogP contribution in [0.2, 0.25) is 0 Å². The first-order valence-corrected chi connectivity index (χ1v) is 6.87. The normalized spacial score (nSPS) is 11.0. The number of nitrogens with zero attached hydrogens (tertiary/aromatic N) is 1. The molecule has 0 radical (unpaired) electrons. The highest BCUT2D eigenvalue weighted by Gasteiger charge is 2.30. The molecule has 0 fully saturated rings. The Morgan fingerprint density at radius 1 is 1.12 bits per heavy atom. The molecule has 0 aliphatic rings. The number of hydrogen-bond donors (Lipinski definition) is 3. The van der Waals surface area contributed by atoms with Gasteiger partial charge in [0.05, 0.1) is 10.5 Å². The Labute approximate surface area is 139 Å². The maximum absolute atomic E-state index is 12.7. The number of halogens is 3. The average molecular weight is 356 g/mol. The van der Waals surface area contributed by atoms with Gasteiger partial charge in [-0.05, 0) is 42.5 Å². The van der Waals surface area contributed by atoms with E-state index in [2.05, 4.69) is 10.6 Å². The fourth-order valence-corrected chi connectivity index (χ4v) is 2.08. The van der Waals surface area contributed by atoms with Crippen LogP contribution in [0.4, 0.5) is 35.9 Å². The van der Waals surface area contributed by atoms with Crippen molar-refractivity contribution in [2.45, 2.75) is 6.18 Å². The van der Waals surface area contributed by atoms with E-state index in [4.69, 9.17) is 18.0 Å². The number of nitrogens with two attached hydrogens (primary N) is 1. The van der Waals surface area contributed by atoms with Crippen LogP contribution in [0.15, 0.2) is 42.5 Å². The van der Waals surface area contributed by atoms with Crippen molar-refractivity contribution in [2.24, 2.45) is 0 Å². The zero-order valence-corrected chi connectivity index (χ0v) is 12.7. The van der Waals surface area contributed by atoms with Gasteiger partial charge in [0.15, 0.2) is 5.11 Å². The summed E-state index contributed by atoms with van der Waals surface area (Å²) in [4.78, 5) is 10.2. The molecule has 0 heterocycles. The molecule has 0 saturated carbocycles. The number of anilines is 3. The molecule has 10 heteroatoms. The highest BCUT2D eigenvalue weighted by atomic mass is 32.1. The van der Waals surface area contributed by atoms with Crippen molar-refractivity contribution in [3.05, 3.63) is 58.1 Å². The molecule has 0 bridgehead atoms. The van der Waals surface area contributed by atoms with Gasteiger partial charge in [0.1, 0.15) is 5.69 Å². The Balaban J connectivity index is 2.12.